The molecule has 0 aliphatic carbocycles. The molecule has 1 heterocycles. The maximum atomic E-state index is 10.0. The molecular weight excluding hydrogens is 212 g/mol. The minimum absolute atomic E-state index is 0.332. The molecule has 1 unspecified atom stereocenters. The molecule has 2 rings (SSSR count). The molecule has 2 nitrogen and oxygen atoms in total. The Kier molecular flexibility index (Phi) is 2.43. The fraction of sp³-hybridized carbons (Fsp3) is 0.333. The molecule has 17 heavy (non-hydrogen) atoms. The highest BCUT2D eigenvalue weighted by molar-refractivity contribution is 5.71. The third-order valence-electron chi connectivity index (χ3n) is 3.43. The van der Waals surface area contributed by atoms with Crippen molar-refractivity contribution in [3.63, 3.8) is 0 Å². The molecule has 0 bridgehead atoms. The largest absolute Gasteiger partial charge is 0.507 e. The quantitative estimate of drug-likeness (QED) is 0.691. The first kappa shape index (κ1) is 11.6. The number of phenolic OH excluding ortho intramolecular Hbond substituents is 1. The van der Waals surface area contributed by atoms with Crippen LogP contribution in [0, 0.1) is 33.1 Å². The molecule has 1 atom stereocenters. The second-order valence-corrected chi connectivity index (χ2v) is 4.65. The summed E-state index contributed by atoms with van der Waals surface area (Å²) >= 11 is 0. The molecule has 88 valence electrons. The molecule has 0 saturated carbocycles. The monoisotopic (exact) mass is 228 g/mol. The van der Waals surface area contributed by atoms with Gasteiger partial charge in [0.25, 0.3) is 0 Å². The number of benzene rings is 1. The number of aromatic hydroxyl groups is 1. The zero-order valence-corrected chi connectivity index (χ0v) is 10.6. The second kappa shape index (κ2) is 3.56. The van der Waals surface area contributed by atoms with Gasteiger partial charge in [0.1, 0.15) is 11.5 Å². The van der Waals surface area contributed by atoms with E-state index in [1.54, 1.807) is 0 Å². The van der Waals surface area contributed by atoms with E-state index in [1.165, 1.54) is 0 Å². The Morgan fingerprint density at radius 1 is 1.24 bits per heavy atom. The summed E-state index contributed by atoms with van der Waals surface area (Å²) in [6.07, 6.45) is 9.25. The fourth-order valence-corrected chi connectivity index (χ4v) is 2.03. The van der Waals surface area contributed by atoms with Gasteiger partial charge in [-0.05, 0) is 51.0 Å². The van der Waals surface area contributed by atoms with Gasteiger partial charge in [-0.15, -0.1) is 6.42 Å². The number of rotatable bonds is 0. The van der Waals surface area contributed by atoms with Crippen molar-refractivity contribution < 1.29 is 9.84 Å². The van der Waals surface area contributed by atoms with Crippen LogP contribution in [-0.2, 0) is 0 Å². The summed E-state index contributed by atoms with van der Waals surface area (Å²) in [5, 5.41) is 10.0. The lowest BCUT2D eigenvalue weighted by atomic mass is 9.93. The molecular formula is C15H16O2. The maximum Gasteiger partial charge on any atom is 0.185 e. The number of fused-ring (bicyclic) bond motifs is 1. The number of hydrogen-bond acceptors (Lipinski definition) is 2. The first-order valence-electron chi connectivity index (χ1n) is 5.58. The van der Waals surface area contributed by atoms with E-state index in [2.05, 4.69) is 5.92 Å². The van der Waals surface area contributed by atoms with Crippen molar-refractivity contribution in [3.8, 4) is 23.8 Å². The molecule has 0 aromatic heterocycles. The summed E-state index contributed by atoms with van der Waals surface area (Å²) in [4.78, 5) is 0. The van der Waals surface area contributed by atoms with Crippen LogP contribution in [0.5, 0.6) is 11.5 Å². The van der Waals surface area contributed by atoms with Gasteiger partial charge in [0.15, 0.2) is 5.60 Å². The van der Waals surface area contributed by atoms with Crippen LogP contribution in [0.25, 0.3) is 6.08 Å². The average molecular weight is 228 g/mol. The number of terminal acetylenes is 1. The van der Waals surface area contributed by atoms with Gasteiger partial charge in [0.2, 0.25) is 0 Å². The molecule has 1 aromatic carbocycles. The highest BCUT2D eigenvalue weighted by atomic mass is 16.5. The minimum Gasteiger partial charge on any atom is -0.507 e. The molecule has 0 amide bonds. The van der Waals surface area contributed by atoms with Crippen LogP contribution >= 0.6 is 0 Å². The molecule has 1 aliphatic heterocycles. The Balaban J connectivity index is 2.72. The molecule has 2 heteroatoms. The SMILES string of the molecule is C#CC1(C)C=Cc2c(C)c(O)c(C)c(C)c2O1. The summed E-state index contributed by atoms with van der Waals surface area (Å²) in [5.74, 6) is 3.74. The van der Waals surface area contributed by atoms with E-state index >= 15 is 0 Å². The first-order chi connectivity index (χ1) is 7.89. The van der Waals surface area contributed by atoms with E-state index in [1.807, 2.05) is 39.8 Å². The molecule has 0 radical (unpaired) electrons. The highest BCUT2D eigenvalue weighted by Gasteiger charge is 2.28. The molecule has 1 aliphatic rings. The van der Waals surface area contributed by atoms with Crippen molar-refractivity contribution in [3.05, 3.63) is 28.3 Å². The minimum atomic E-state index is -0.701. The molecule has 0 spiro atoms. The topological polar surface area (TPSA) is 29.5 Å². The Bertz CT molecular complexity index is 562. The summed E-state index contributed by atoms with van der Waals surface area (Å²) < 4.78 is 5.88. The van der Waals surface area contributed by atoms with E-state index in [0.29, 0.717) is 5.75 Å². The van der Waals surface area contributed by atoms with Gasteiger partial charge < -0.3 is 9.84 Å². The van der Waals surface area contributed by atoms with Gasteiger partial charge in [-0.1, -0.05) is 5.92 Å². The van der Waals surface area contributed by atoms with E-state index in [4.69, 9.17) is 11.2 Å². The third kappa shape index (κ3) is 1.59. The first-order valence-corrected chi connectivity index (χ1v) is 5.58. The van der Waals surface area contributed by atoms with Crippen molar-refractivity contribution in [1.29, 1.82) is 0 Å². The van der Waals surface area contributed by atoms with E-state index in [9.17, 15) is 5.11 Å². The maximum absolute atomic E-state index is 10.0. The van der Waals surface area contributed by atoms with Crippen LogP contribution in [0.15, 0.2) is 6.08 Å². The van der Waals surface area contributed by atoms with Gasteiger partial charge in [0, 0.05) is 11.1 Å². The molecule has 0 fully saturated rings. The van der Waals surface area contributed by atoms with Crippen molar-refractivity contribution in [2.24, 2.45) is 0 Å². The predicted molar refractivity (Wildman–Crippen MR) is 69.2 cm³/mol. The smallest absolute Gasteiger partial charge is 0.185 e. The van der Waals surface area contributed by atoms with Crippen LogP contribution in [0.3, 0.4) is 0 Å². The van der Waals surface area contributed by atoms with E-state index in [-0.39, 0.29) is 0 Å². The van der Waals surface area contributed by atoms with Gasteiger partial charge in [-0.25, -0.2) is 0 Å². The summed E-state index contributed by atoms with van der Waals surface area (Å²) in [5.41, 5.74) is 2.83. The standard InChI is InChI=1S/C15H16O2/c1-6-15(5)8-7-12-11(4)13(16)9(2)10(3)14(12)17-15/h1,7-8,16H,2-5H3. The van der Waals surface area contributed by atoms with Crippen LogP contribution in [0.4, 0.5) is 0 Å². The summed E-state index contributed by atoms with van der Waals surface area (Å²) in [7, 11) is 0. The van der Waals surface area contributed by atoms with Crippen molar-refractivity contribution in [1.82, 2.24) is 0 Å². The van der Waals surface area contributed by atoms with Crippen LogP contribution in [0.1, 0.15) is 29.2 Å². The molecule has 1 N–H and O–H groups in total. The lowest BCUT2D eigenvalue weighted by Gasteiger charge is -2.30. The number of phenols is 1. The van der Waals surface area contributed by atoms with E-state index < -0.39 is 5.60 Å². The van der Waals surface area contributed by atoms with E-state index in [0.717, 1.165) is 28.0 Å². The highest BCUT2D eigenvalue weighted by Crippen LogP contribution is 2.41. The zero-order valence-electron chi connectivity index (χ0n) is 10.6. The van der Waals surface area contributed by atoms with Gasteiger partial charge >= 0.3 is 0 Å². The Labute approximate surface area is 102 Å². The third-order valence-corrected chi connectivity index (χ3v) is 3.43. The van der Waals surface area contributed by atoms with Gasteiger partial charge in [-0.3, -0.25) is 0 Å². The zero-order chi connectivity index (χ0) is 12.8. The molecule has 1 aromatic rings. The number of ether oxygens (including phenoxy) is 1. The normalized spacial score (nSPS) is 21.6. The van der Waals surface area contributed by atoms with Crippen LogP contribution in [0.2, 0.25) is 0 Å². The number of hydrogen-bond donors (Lipinski definition) is 1. The van der Waals surface area contributed by atoms with Gasteiger partial charge in [-0.2, -0.15) is 0 Å². The van der Waals surface area contributed by atoms with Crippen molar-refractivity contribution in [2.75, 3.05) is 0 Å². The van der Waals surface area contributed by atoms with Crippen molar-refractivity contribution in [2.45, 2.75) is 33.3 Å². The van der Waals surface area contributed by atoms with Crippen LogP contribution < -0.4 is 4.74 Å². The summed E-state index contributed by atoms with van der Waals surface area (Å²) in [6.45, 7) is 7.55. The Morgan fingerprint density at radius 3 is 2.47 bits per heavy atom. The lowest BCUT2D eigenvalue weighted by Crippen LogP contribution is -2.30. The van der Waals surface area contributed by atoms with Crippen molar-refractivity contribution >= 4 is 6.08 Å². The second-order valence-electron chi connectivity index (χ2n) is 4.65. The lowest BCUT2D eigenvalue weighted by molar-refractivity contribution is 0.197. The Hall–Kier alpha value is -1.88. The van der Waals surface area contributed by atoms with Gasteiger partial charge in [0.05, 0.1) is 0 Å². The summed E-state index contributed by atoms with van der Waals surface area (Å²) in [6, 6.07) is 0. The van der Waals surface area contributed by atoms with Crippen LogP contribution in [-0.4, -0.2) is 10.7 Å². The predicted octanol–water partition coefficient (Wildman–Crippen LogP) is 3.11. The average Bonchev–Trinajstić information content (AvgIpc) is 2.33. The fourth-order valence-electron chi connectivity index (χ4n) is 2.03. The Morgan fingerprint density at radius 2 is 1.88 bits per heavy atom. The molecule has 0 saturated heterocycles.